The Kier molecular flexibility index (Phi) is 2.58. The molecule has 1 saturated carbocycles. The lowest BCUT2D eigenvalue weighted by atomic mass is 9.80. The third kappa shape index (κ3) is 2.17. The normalized spacial score (nSPS) is 19.9. The quantitative estimate of drug-likeness (QED) is 0.710. The van der Waals surface area contributed by atoms with E-state index in [2.05, 4.69) is 23.4 Å². The zero-order chi connectivity index (χ0) is 11.7. The van der Waals surface area contributed by atoms with Crippen LogP contribution < -0.4 is 5.48 Å². The van der Waals surface area contributed by atoms with E-state index in [0.29, 0.717) is 5.02 Å². The molecule has 0 saturated heterocycles. The van der Waals surface area contributed by atoms with Crippen molar-refractivity contribution in [2.45, 2.75) is 24.9 Å². The number of benzene rings is 1. The largest absolute Gasteiger partial charge is 0.265 e. The van der Waals surface area contributed by atoms with Crippen LogP contribution in [0.2, 0.25) is 5.02 Å². The lowest BCUT2D eigenvalue weighted by Gasteiger charge is -2.33. The standard InChI is InChI=1S/C14H12ClNO/c15-12-4-1-3-11(9-12)5-6-13-10-14(17-16-13)7-2-8-14/h1,3-4,9-10,16H,2,7-8H2. The average Bonchev–Trinajstić information content (AvgIpc) is 2.71. The second-order valence-corrected chi connectivity index (χ2v) is 4.88. The van der Waals surface area contributed by atoms with Crippen LogP contribution in [-0.2, 0) is 4.84 Å². The van der Waals surface area contributed by atoms with E-state index in [9.17, 15) is 0 Å². The van der Waals surface area contributed by atoms with Crippen molar-refractivity contribution in [3.63, 3.8) is 0 Å². The van der Waals surface area contributed by atoms with Gasteiger partial charge in [-0.3, -0.25) is 10.3 Å². The molecule has 2 nitrogen and oxygen atoms in total. The highest BCUT2D eigenvalue weighted by Crippen LogP contribution is 2.39. The summed E-state index contributed by atoms with van der Waals surface area (Å²) in [5.74, 6) is 6.13. The monoisotopic (exact) mass is 245 g/mol. The van der Waals surface area contributed by atoms with Gasteiger partial charge >= 0.3 is 0 Å². The first-order chi connectivity index (χ1) is 8.26. The molecule has 1 N–H and O–H groups in total. The van der Waals surface area contributed by atoms with Crippen LogP contribution in [0.1, 0.15) is 24.8 Å². The van der Waals surface area contributed by atoms with Gasteiger partial charge in [-0.2, -0.15) is 0 Å². The number of rotatable bonds is 0. The van der Waals surface area contributed by atoms with Crippen molar-refractivity contribution in [1.29, 1.82) is 0 Å². The van der Waals surface area contributed by atoms with Gasteiger partial charge in [0.2, 0.25) is 0 Å². The molecule has 1 fully saturated rings. The van der Waals surface area contributed by atoms with E-state index in [-0.39, 0.29) is 5.60 Å². The van der Waals surface area contributed by atoms with Crippen molar-refractivity contribution in [2.75, 3.05) is 0 Å². The minimum absolute atomic E-state index is 0.0711. The Balaban J connectivity index is 1.78. The molecule has 0 amide bonds. The molecule has 17 heavy (non-hydrogen) atoms. The fraction of sp³-hybridized carbons (Fsp3) is 0.286. The van der Waals surface area contributed by atoms with Crippen LogP contribution in [-0.4, -0.2) is 5.60 Å². The van der Waals surface area contributed by atoms with Gasteiger partial charge < -0.3 is 0 Å². The molecule has 2 aliphatic rings. The number of halogens is 1. The summed E-state index contributed by atoms with van der Waals surface area (Å²) in [6, 6.07) is 7.53. The van der Waals surface area contributed by atoms with Gasteiger partial charge in [0, 0.05) is 10.6 Å². The fourth-order valence-electron chi connectivity index (χ4n) is 2.02. The second kappa shape index (κ2) is 4.10. The zero-order valence-corrected chi connectivity index (χ0v) is 10.1. The fourth-order valence-corrected chi connectivity index (χ4v) is 2.21. The summed E-state index contributed by atoms with van der Waals surface area (Å²) in [6.07, 6.45) is 5.49. The van der Waals surface area contributed by atoms with Gasteiger partial charge in [0.15, 0.2) is 0 Å². The van der Waals surface area contributed by atoms with Gasteiger partial charge in [-0.1, -0.05) is 23.6 Å². The Morgan fingerprint density at radius 2 is 2.18 bits per heavy atom. The Hall–Kier alpha value is -1.43. The van der Waals surface area contributed by atoms with E-state index in [0.717, 1.165) is 24.1 Å². The first-order valence-electron chi connectivity index (χ1n) is 5.70. The predicted molar refractivity (Wildman–Crippen MR) is 67.2 cm³/mol. The molecule has 0 radical (unpaired) electrons. The van der Waals surface area contributed by atoms with Crippen LogP contribution in [0.25, 0.3) is 0 Å². The summed E-state index contributed by atoms with van der Waals surface area (Å²) in [5.41, 5.74) is 4.58. The van der Waals surface area contributed by atoms with Crippen LogP contribution >= 0.6 is 11.6 Å². The molecule has 1 aliphatic carbocycles. The molecule has 1 heterocycles. The Morgan fingerprint density at radius 1 is 1.29 bits per heavy atom. The third-order valence-corrected chi connectivity index (χ3v) is 3.37. The van der Waals surface area contributed by atoms with E-state index in [1.165, 1.54) is 6.42 Å². The highest BCUT2D eigenvalue weighted by atomic mass is 35.5. The number of allylic oxidation sites excluding steroid dienone is 1. The minimum atomic E-state index is -0.0711. The lowest BCUT2D eigenvalue weighted by Crippen LogP contribution is -2.36. The maximum atomic E-state index is 5.89. The molecular formula is C14H12ClNO. The summed E-state index contributed by atoms with van der Waals surface area (Å²) >= 11 is 5.89. The summed E-state index contributed by atoms with van der Waals surface area (Å²) in [5, 5.41) is 0.705. The topological polar surface area (TPSA) is 21.3 Å². The zero-order valence-electron chi connectivity index (χ0n) is 9.29. The highest BCUT2D eigenvalue weighted by molar-refractivity contribution is 6.30. The number of hydroxylamine groups is 1. The van der Waals surface area contributed by atoms with Crippen molar-refractivity contribution in [3.8, 4) is 11.8 Å². The van der Waals surface area contributed by atoms with E-state index in [1.54, 1.807) is 0 Å². The van der Waals surface area contributed by atoms with Crippen molar-refractivity contribution in [3.05, 3.63) is 46.6 Å². The van der Waals surface area contributed by atoms with Crippen molar-refractivity contribution >= 4 is 11.6 Å². The molecule has 0 aromatic heterocycles. The van der Waals surface area contributed by atoms with Gasteiger partial charge in [-0.25, -0.2) is 0 Å². The van der Waals surface area contributed by atoms with Gasteiger partial charge in [0.05, 0.1) is 0 Å². The van der Waals surface area contributed by atoms with Crippen molar-refractivity contribution in [2.24, 2.45) is 0 Å². The van der Waals surface area contributed by atoms with E-state index in [4.69, 9.17) is 16.4 Å². The Bertz CT molecular complexity index is 535. The summed E-state index contributed by atoms with van der Waals surface area (Å²) in [7, 11) is 0. The van der Waals surface area contributed by atoms with Crippen LogP contribution in [0.3, 0.4) is 0 Å². The second-order valence-electron chi connectivity index (χ2n) is 4.44. The SMILES string of the molecule is Clc1cccc(C#CC2=CC3(CCC3)ON2)c1. The maximum absolute atomic E-state index is 5.89. The molecule has 1 aromatic carbocycles. The van der Waals surface area contributed by atoms with Crippen molar-refractivity contribution < 1.29 is 4.84 Å². The average molecular weight is 246 g/mol. The van der Waals surface area contributed by atoms with Crippen LogP contribution in [0.15, 0.2) is 36.0 Å². The van der Waals surface area contributed by atoms with Crippen LogP contribution in [0, 0.1) is 11.8 Å². The number of hydrogen-bond donors (Lipinski definition) is 1. The van der Waals surface area contributed by atoms with E-state index < -0.39 is 0 Å². The third-order valence-electron chi connectivity index (χ3n) is 3.14. The molecule has 0 bridgehead atoms. The molecule has 1 aliphatic heterocycles. The summed E-state index contributed by atoms with van der Waals surface area (Å²) in [4.78, 5) is 5.53. The Morgan fingerprint density at radius 3 is 2.82 bits per heavy atom. The smallest absolute Gasteiger partial charge is 0.117 e. The molecule has 0 unspecified atom stereocenters. The molecule has 3 rings (SSSR count). The van der Waals surface area contributed by atoms with Gasteiger partial charge in [0.25, 0.3) is 0 Å². The summed E-state index contributed by atoms with van der Waals surface area (Å²) in [6.45, 7) is 0. The highest BCUT2D eigenvalue weighted by Gasteiger charge is 2.40. The Labute approximate surface area is 106 Å². The first kappa shape index (κ1) is 10.7. The van der Waals surface area contributed by atoms with E-state index in [1.807, 2.05) is 24.3 Å². The summed E-state index contributed by atoms with van der Waals surface area (Å²) < 4.78 is 0. The molecule has 1 spiro atoms. The van der Waals surface area contributed by atoms with Crippen LogP contribution in [0.4, 0.5) is 0 Å². The van der Waals surface area contributed by atoms with Gasteiger partial charge in [-0.05, 0) is 49.5 Å². The van der Waals surface area contributed by atoms with Crippen molar-refractivity contribution in [1.82, 2.24) is 5.48 Å². The van der Waals surface area contributed by atoms with Crippen LogP contribution in [0.5, 0.6) is 0 Å². The molecular weight excluding hydrogens is 234 g/mol. The molecule has 1 aromatic rings. The van der Waals surface area contributed by atoms with E-state index >= 15 is 0 Å². The number of hydrogen-bond acceptors (Lipinski definition) is 2. The maximum Gasteiger partial charge on any atom is 0.117 e. The molecule has 86 valence electrons. The number of nitrogens with one attached hydrogen (secondary N) is 1. The molecule has 0 atom stereocenters. The molecule has 3 heteroatoms. The van der Waals surface area contributed by atoms with Gasteiger partial charge in [-0.15, -0.1) is 0 Å². The minimum Gasteiger partial charge on any atom is -0.265 e. The predicted octanol–water partition coefficient (Wildman–Crippen LogP) is 3.03. The van der Waals surface area contributed by atoms with Gasteiger partial charge in [0.1, 0.15) is 11.3 Å². The lowest BCUT2D eigenvalue weighted by molar-refractivity contribution is -0.0855. The first-order valence-corrected chi connectivity index (χ1v) is 6.08.